The summed E-state index contributed by atoms with van der Waals surface area (Å²) < 4.78 is 52.0. The SMILES string of the molecule is Nc1c(Cc2ccc(I)cc2F)c(F)c(F)c2ccoc12.OCC(O)CC1(OOS)CC1. The fourth-order valence-corrected chi connectivity index (χ4v) is 3.87. The number of benzene rings is 2. The van der Waals surface area contributed by atoms with E-state index in [4.69, 9.17) is 25.3 Å². The summed E-state index contributed by atoms with van der Waals surface area (Å²) in [6.45, 7) is -0.238. The number of thiol groups is 1. The Kier molecular flexibility index (Phi) is 8.33. The number of hydrogen-bond acceptors (Lipinski definition) is 7. The van der Waals surface area contributed by atoms with Crippen LogP contribution in [0.3, 0.4) is 0 Å². The van der Waals surface area contributed by atoms with Gasteiger partial charge in [0.2, 0.25) is 0 Å². The lowest BCUT2D eigenvalue weighted by molar-refractivity contribution is -0.249. The minimum atomic E-state index is -1.07. The third-order valence-corrected chi connectivity index (χ3v) is 5.90. The van der Waals surface area contributed by atoms with Gasteiger partial charge in [0.25, 0.3) is 0 Å². The maximum absolute atomic E-state index is 14.1. The van der Waals surface area contributed by atoms with E-state index in [0.29, 0.717) is 6.42 Å². The minimum absolute atomic E-state index is 0.00755. The molecule has 174 valence electrons. The van der Waals surface area contributed by atoms with Crippen molar-refractivity contribution in [3.63, 3.8) is 0 Å². The number of nitrogens with two attached hydrogens (primary N) is 1. The predicted octanol–water partition coefficient (Wildman–Crippen LogP) is 4.68. The summed E-state index contributed by atoms with van der Waals surface area (Å²) in [5.74, 6) is -2.59. The van der Waals surface area contributed by atoms with E-state index in [1.54, 1.807) is 6.07 Å². The van der Waals surface area contributed by atoms with Crippen LogP contribution in [0.5, 0.6) is 0 Å². The van der Waals surface area contributed by atoms with Crippen LogP contribution in [-0.2, 0) is 15.6 Å². The van der Waals surface area contributed by atoms with Crippen molar-refractivity contribution < 1.29 is 37.0 Å². The number of halogens is 4. The van der Waals surface area contributed by atoms with Crippen molar-refractivity contribution in [2.45, 2.75) is 37.4 Å². The van der Waals surface area contributed by atoms with Gasteiger partial charge in [-0.05, 0) is 59.2 Å². The Bertz CT molecular complexity index is 1090. The van der Waals surface area contributed by atoms with Crippen molar-refractivity contribution in [3.05, 3.63) is 62.7 Å². The van der Waals surface area contributed by atoms with E-state index in [1.807, 2.05) is 22.6 Å². The summed E-state index contributed by atoms with van der Waals surface area (Å²) in [6, 6.07) is 5.85. The van der Waals surface area contributed by atoms with E-state index in [1.165, 1.54) is 24.5 Å². The maximum atomic E-state index is 14.1. The van der Waals surface area contributed by atoms with Crippen LogP contribution in [0, 0.1) is 21.0 Å². The Labute approximate surface area is 201 Å². The molecule has 1 atom stereocenters. The zero-order chi connectivity index (χ0) is 23.5. The van der Waals surface area contributed by atoms with Crippen molar-refractivity contribution in [1.82, 2.24) is 0 Å². The van der Waals surface area contributed by atoms with Crippen LogP contribution in [0.4, 0.5) is 18.9 Å². The van der Waals surface area contributed by atoms with E-state index in [2.05, 4.69) is 17.2 Å². The predicted molar refractivity (Wildman–Crippen MR) is 123 cm³/mol. The molecule has 4 rings (SSSR count). The number of furan rings is 1. The lowest BCUT2D eigenvalue weighted by atomic mass is 10.0. The molecule has 32 heavy (non-hydrogen) atoms. The molecule has 0 spiro atoms. The van der Waals surface area contributed by atoms with Gasteiger partial charge in [-0.15, -0.1) is 0 Å². The Morgan fingerprint density at radius 1 is 1.22 bits per heavy atom. The Hall–Kier alpha value is -1.51. The average Bonchev–Trinajstić information content (AvgIpc) is 3.32. The summed E-state index contributed by atoms with van der Waals surface area (Å²) in [5.41, 5.74) is 5.66. The van der Waals surface area contributed by atoms with Gasteiger partial charge in [0.05, 0.1) is 30.0 Å². The number of rotatable bonds is 7. The van der Waals surface area contributed by atoms with Gasteiger partial charge in [0.15, 0.2) is 17.2 Å². The molecule has 1 heterocycles. The second kappa shape index (κ2) is 10.6. The first-order valence-corrected chi connectivity index (χ1v) is 11.0. The summed E-state index contributed by atoms with van der Waals surface area (Å²) in [6.07, 6.45) is 2.48. The zero-order valence-electron chi connectivity index (χ0n) is 16.7. The molecule has 0 bridgehead atoms. The Morgan fingerprint density at radius 2 is 1.94 bits per heavy atom. The molecule has 0 saturated heterocycles. The van der Waals surface area contributed by atoms with Crippen molar-refractivity contribution >= 4 is 52.2 Å². The zero-order valence-corrected chi connectivity index (χ0v) is 19.7. The van der Waals surface area contributed by atoms with Crippen LogP contribution in [0.25, 0.3) is 11.0 Å². The van der Waals surface area contributed by atoms with Crippen LogP contribution < -0.4 is 5.73 Å². The molecule has 1 aliphatic carbocycles. The highest BCUT2D eigenvalue weighted by atomic mass is 127. The first kappa shape index (κ1) is 25.1. The number of aliphatic hydroxyl groups excluding tert-OH is 2. The van der Waals surface area contributed by atoms with Crippen molar-refractivity contribution in [1.29, 1.82) is 0 Å². The summed E-state index contributed by atoms with van der Waals surface area (Å²) >= 11 is 5.41. The first-order chi connectivity index (χ1) is 15.2. The normalized spacial score (nSPS) is 15.3. The van der Waals surface area contributed by atoms with Crippen LogP contribution in [0.1, 0.15) is 30.4 Å². The van der Waals surface area contributed by atoms with Gasteiger partial charge < -0.3 is 20.4 Å². The molecular formula is C21H21F3INO5S. The topological polar surface area (TPSA) is 98.1 Å². The van der Waals surface area contributed by atoms with Crippen molar-refractivity contribution in [2.24, 2.45) is 0 Å². The largest absolute Gasteiger partial charge is 0.462 e. The van der Waals surface area contributed by atoms with E-state index in [0.717, 1.165) is 16.4 Å². The van der Waals surface area contributed by atoms with Crippen LogP contribution in [0.15, 0.2) is 34.9 Å². The first-order valence-electron chi connectivity index (χ1n) is 9.56. The van der Waals surface area contributed by atoms with Gasteiger partial charge in [-0.25, -0.2) is 18.1 Å². The van der Waals surface area contributed by atoms with E-state index >= 15 is 0 Å². The van der Waals surface area contributed by atoms with Crippen LogP contribution in [-0.4, -0.2) is 28.5 Å². The van der Waals surface area contributed by atoms with E-state index in [-0.39, 0.29) is 46.4 Å². The fraction of sp³-hybridized carbons (Fsp3) is 0.333. The van der Waals surface area contributed by atoms with Gasteiger partial charge in [0.1, 0.15) is 11.4 Å². The fourth-order valence-electron chi connectivity index (χ4n) is 3.26. The highest BCUT2D eigenvalue weighted by molar-refractivity contribution is 14.1. The lowest BCUT2D eigenvalue weighted by Crippen LogP contribution is -2.24. The van der Waals surface area contributed by atoms with Crippen molar-refractivity contribution in [2.75, 3.05) is 12.3 Å². The molecule has 1 saturated carbocycles. The summed E-state index contributed by atoms with van der Waals surface area (Å²) in [4.78, 5) is 4.81. The molecule has 1 aliphatic rings. The maximum Gasteiger partial charge on any atom is 0.170 e. The molecule has 4 N–H and O–H groups in total. The van der Waals surface area contributed by atoms with Crippen LogP contribution >= 0.6 is 35.5 Å². The smallest absolute Gasteiger partial charge is 0.170 e. The standard InChI is InChI=1S/C15H9F3INO.C6H12O4S/c16-11-6-8(19)2-1-7(11)5-10-13(18)12(17)9-3-4-21-15(9)14(10)20;7-4-5(8)3-6(1-2-6)9-10-11/h1-4,6H,5,20H2;5,7-8,11H,1-4H2. The van der Waals surface area contributed by atoms with E-state index < -0.39 is 23.6 Å². The molecule has 0 aliphatic heterocycles. The molecule has 6 nitrogen and oxygen atoms in total. The number of fused-ring (bicyclic) bond motifs is 1. The molecule has 11 heteroatoms. The van der Waals surface area contributed by atoms with Gasteiger partial charge in [-0.3, -0.25) is 0 Å². The number of nitrogen functional groups attached to an aromatic ring is 1. The monoisotopic (exact) mass is 583 g/mol. The Balaban J connectivity index is 0.000000222. The lowest BCUT2D eigenvalue weighted by Gasteiger charge is -2.15. The molecule has 3 aromatic rings. The number of anilines is 1. The van der Waals surface area contributed by atoms with Gasteiger partial charge in [0, 0.05) is 34.9 Å². The third kappa shape index (κ3) is 5.69. The van der Waals surface area contributed by atoms with E-state index in [9.17, 15) is 13.2 Å². The minimum Gasteiger partial charge on any atom is -0.462 e. The van der Waals surface area contributed by atoms with Gasteiger partial charge >= 0.3 is 0 Å². The second-order valence-electron chi connectivity index (χ2n) is 7.48. The molecule has 1 fully saturated rings. The van der Waals surface area contributed by atoms with Gasteiger partial charge in [-0.2, -0.15) is 4.33 Å². The Morgan fingerprint density at radius 3 is 2.53 bits per heavy atom. The molecule has 2 aromatic carbocycles. The average molecular weight is 583 g/mol. The summed E-state index contributed by atoms with van der Waals surface area (Å²) in [7, 11) is 0. The van der Waals surface area contributed by atoms with Crippen molar-refractivity contribution in [3.8, 4) is 0 Å². The van der Waals surface area contributed by atoms with Crippen LogP contribution in [0.2, 0.25) is 0 Å². The molecule has 1 unspecified atom stereocenters. The quantitative estimate of drug-likeness (QED) is 0.0806. The highest BCUT2D eigenvalue weighted by Crippen LogP contribution is 2.43. The molecule has 1 aromatic heterocycles. The highest BCUT2D eigenvalue weighted by Gasteiger charge is 2.47. The number of hydrogen-bond donors (Lipinski definition) is 4. The number of aliphatic hydroxyl groups is 2. The van der Waals surface area contributed by atoms with Gasteiger partial charge in [-0.1, -0.05) is 6.07 Å². The molecule has 0 radical (unpaired) electrons. The summed E-state index contributed by atoms with van der Waals surface area (Å²) in [5, 5.41) is 17.6. The second-order valence-corrected chi connectivity index (χ2v) is 8.87. The molecule has 0 amide bonds. The molecular weight excluding hydrogens is 562 g/mol. The third-order valence-electron chi connectivity index (χ3n) is 5.15.